The second-order valence-electron chi connectivity index (χ2n) is 10.1. The number of thioether (sulfide) groups is 1. The van der Waals surface area contributed by atoms with Crippen LogP contribution < -0.4 is 15.5 Å². The van der Waals surface area contributed by atoms with E-state index in [-0.39, 0.29) is 31.1 Å². The second kappa shape index (κ2) is 16.3. The highest BCUT2D eigenvalue weighted by molar-refractivity contribution is 7.99. The van der Waals surface area contributed by atoms with Crippen LogP contribution in [0, 0.1) is 0 Å². The molecule has 4 N–H and O–H groups in total. The number of carbonyl (C=O) groups is 2. The molecule has 1 heterocycles. The van der Waals surface area contributed by atoms with E-state index in [1.807, 2.05) is 72.8 Å². The highest BCUT2D eigenvalue weighted by Crippen LogP contribution is 2.40. The molecule has 224 valence electrons. The summed E-state index contributed by atoms with van der Waals surface area (Å²) in [5.41, 5.74) is 4.91. The maximum absolute atomic E-state index is 12.5. The van der Waals surface area contributed by atoms with Crippen LogP contribution in [0.3, 0.4) is 0 Å². The van der Waals surface area contributed by atoms with Gasteiger partial charge in [0.25, 0.3) is 0 Å². The van der Waals surface area contributed by atoms with Gasteiger partial charge >= 0.3 is 0 Å². The van der Waals surface area contributed by atoms with Gasteiger partial charge in [0.2, 0.25) is 11.8 Å². The molecular formula is C32H38N2O7S. The zero-order chi connectivity index (χ0) is 29.7. The molecule has 3 aromatic carbocycles. The Balaban J connectivity index is 1.42. The van der Waals surface area contributed by atoms with Gasteiger partial charge in [0.15, 0.2) is 6.29 Å². The van der Waals surface area contributed by atoms with Gasteiger partial charge in [-0.3, -0.25) is 14.8 Å². The van der Waals surface area contributed by atoms with Crippen molar-refractivity contribution in [1.29, 1.82) is 0 Å². The van der Waals surface area contributed by atoms with Gasteiger partial charge in [-0.2, -0.15) is 0 Å². The van der Waals surface area contributed by atoms with E-state index in [9.17, 15) is 14.7 Å². The average molecular weight is 595 g/mol. The van der Waals surface area contributed by atoms with Crippen molar-refractivity contribution in [2.24, 2.45) is 0 Å². The van der Waals surface area contributed by atoms with E-state index in [2.05, 4.69) is 5.32 Å². The minimum absolute atomic E-state index is 0.0188. The van der Waals surface area contributed by atoms with Crippen molar-refractivity contribution in [3.8, 4) is 5.75 Å². The Labute approximate surface area is 250 Å². The van der Waals surface area contributed by atoms with Crippen molar-refractivity contribution in [2.45, 2.75) is 68.5 Å². The molecule has 1 aliphatic heterocycles. The van der Waals surface area contributed by atoms with Gasteiger partial charge < -0.3 is 24.6 Å². The van der Waals surface area contributed by atoms with Crippen LogP contribution >= 0.6 is 11.8 Å². The van der Waals surface area contributed by atoms with E-state index < -0.39 is 12.2 Å². The minimum atomic E-state index is -0.640. The Kier molecular flexibility index (Phi) is 12.2. The Hall–Kier alpha value is -3.41. The Morgan fingerprint density at radius 2 is 1.69 bits per heavy atom. The van der Waals surface area contributed by atoms with Gasteiger partial charge in [-0.25, -0.2) is 5.48 Å². The van der Waals surface area contributed by atoms with E-state index in [0.29, 0.717) is 43.5 Å². The summed E-state index contributed by atoms with van der Waals surface area (Å²) in [5.74, 6) is 0.981. The maximum Gasteiger partial charge on any atom is 0.243 e. The number of anilines is 1. The summed E-state index contributed by atoms with van der Waals surface area (Å²) in [6.07, 6.45) is 2.19. The van der Waals surface area contributed by atoms with Crippen LogP contribution in [-0.2, 0) is 25.7 Å². The molecule has 42 heavy (non-hydrogen) atoms. The fourth-order valence-electron chi connectivity index (χ4n) is 4.73. The first-order valence-electron chi connectivity index (χ1n) is 14.1. The molecule has 9 nitrogen and oxygen atoms in total. The number of hydrogen-bond donors (Lipinski definition) is 4. The molecule has 0 spiro atoms. The van der Waals surface area contributed by atoms with Crippen molar-refractivity contribution in [1.82, 2.24) is 5.48 Å². The summed E-state index contributed by atoms with van der Waals surface area (Å²) in [4.78, 5) is 24.7. The van der Waals surface area contributed by atoms with Crippen molar-refractivity contribution in [2.75, 3.05) is 18.2 Å². The molecule has 1 saturated heterocycles. The Morgan fingerprint density at radius 3 is 2.43 bits per heavy atom. The first-order chi connectivity index (χ1) is 20.5. The first-order valence-corrected chi connectivity index (χ1v) is 15.1. The van der Waals surface area contributed by atoms with Gasteiger partial charge in [-0.15, -0.1) is 11.8 Å². The van der Waals surface area contributed by atoms with Gasteiger partial charge in [0.1, 0.15) is 5.75 Å². The van der Waals surface area contributed by atoms with E-state index in [4.69, 9.17) is 19.4 Å². The molecule has 1 fully saturated rings. The van der Waals surface area contributed by atoms with Crippen molar-refractivity contribution in [3.05, 3.63) is 89.5 Å². The largest absolute Gasteiger partial charge is 0.496 e. The predicted octanol–water partition coefficient (Wildman–Crippen LogP) is 5.92. The van der Waals surface area contributed by atoms with Crippen LogP contribution in [0.5, 0.6) is 5.75 Å². The molecule has 0 radical (unpaired) electrons. The molecule has 10 heteroatoms. The summed E-state index contributed by atoms with van der Waals surface area (Å²) in [5, 5.41) is 21.0. The molecule has 1 aliphatic rings. The second-order valence-corrected chi connectivity index (χ2v) is 11.1. The number of ether oxygens (including phenoxy) is 3. The Morgan fingerprint density at radius 1 is 0.929 bits per heavy atom. The van der Waals surface area contributed by atoms with Gasteiger partial charge in [-0.1, -0.05) is 55.0 Å². The standard InChI is InChI=1S/C32H38N2O7S/c1-39-27-10-5-6-11-29(27)42-21-26-19-28(23-16-14-22(20-35)15-17-23)41-32(40-26)24-8-7-9-25(18-24)33-30(36)12-3-2-4-13-31(37)34-38/h5-11,14-18,26,28,32,35,38H,2-4,12-13,19-21H2,1H3,(H,33,36)(H,34,37). The van der Waals surface area contributed by atoms with Crippen LogP contribution in [0.4, 0.5) is 5.69 Å². The van der Waals surface area contributed by atoms with Gasteiger partial charge in [0.05, 0.1) is 25.9 Å². The molecule has 3 atom stereocenters. The molecule has 3 aromatic rings. The number of nitrogens with one attached hydrogen (secondary N) is 2. The lowest BCUT2D eigenvalue weighted by molar-refractivity contribution is -0.245. The number of aliphatic hydroxyl groups excluding tert-OH is 1. The zero-order valence-electron chi connectivity index (χ0n) is 23.7. The van der Waals surface area contributed by atoms with Crippen LogP contribution in [-0.4, -0.2) is 41.1 Å². The third kappa shape index (κ3) is 9.30. The van der Waals surface area contributed by atoms with Crippen molar-refractivity contribution >= 4 is 29.3 Å². The first kappa shape index (κ1) is 31.5. The van der Waals surface area contributed by atoms with E-state index in [0.717, 1.165) is 27.3 Å². The Bertz CT molecular complexity index is 1300. The monoisotopic (exact) mass is 594 g/mol. The summed E-state index contributed by atoms with van der Waals surface area (Å²) >= 11 is 1.67. The molecule has 0 aromatic heterocycles. The number of unbranched alkanes of at least 4 members (excludes halogenated alkanes) is 2. The number of rotatable bonds is 14. The predicted molar refractivity (Wildman–Crippen MR) is 160 cm³/mol. The maximum atomic E-state index is 12.5. The molecular weight excluding hydrogens is 556 g/mol. The quantitative estimate of drug-likeness (QED) is 0.0784. The summed E-state index contributed by atoms with van der Waals surface area (Å²) in [7, 11) is 1.66. The number of benzene rings is 3. The smallest absolute Gasteiger partial charge is 0.243 e. The minimum Gasteiger partial charge on any atom is -0.496 e. The number of methoxy groups -OCH3 is 1. The number of amides is 2. The number of hydroxylamine groups is 1. The molecule has 0 bridgehead atoms. The lowest BCUT2D eigenvalue weighted by Crippen LogP contribution is -2.31. The van der Waals surface area contributed by atoms with Gasteiger partial charge in [0, 0.05) is 41.2 Å². The van der Waals surface area contributed by atoms with Crippen molar-refractivity contribution in [3.63, 3.8) is 0 Å². The fraction of sp³-hybridized carbons (Fsp3) is 0.375. The van der Waals surface area contributed by atoms with Crippen LogP contribution in [0.15, 0.2) is 77.7 Å². The average Bonchev–Trinajstić information content (AvgIpc) is 3.03. The summed E-state index contributed by atoms with van der Waals surface area (Å²) in [6.45, 7) is -0.0188. The number of carbonyl (C=O) groups excluding carboxylic acids is 2. The van der Waals surface area contributed by atoms with E-state index >= 15 is 0 Å². The molecule has 0 aliphatic carbocycles. The van der Waals surface area contributed by atoms with Gasteiger partial charge in [-0.05, 0) is 48.2 Å². The number of hydrogen-bond acceptors (Lipinski definition) is 8. The highest BCUT2D eigenvalue weighted by Gasteiger charge is 2.32. The van der Waals surface area contributed by atoms with E-state index in [1.165, 1.54) is 0 Å². The fourth-order valence-corrected chi connectivity index (χ4v) is 5.78. The summed E-state index contributed by atoms with van der Waals surface area (Å²) in [6, 6.07) is 23.2. The van der Waals surface area contributed by atoms with Crippen molar-refractivity contribution < 1.29 is 34.1 Å². The molecule has 2 amide bonds. The normalized spacial score (nSPS) is 18.3. The highest BCUT2D eigenvalue weighted by atomic mass is 32.2. The molecule has 0 saturated carbocycles. The number of aliphatic hydroxyl groups is 1. The van der Waals surface area contributed by atoms with Crippen LogP contribution in [0.25, 0.3) is 0 Å². The lowest BCUT2D eigenvalue weighted by atomic mass is 10.0. The third-order valence-electron chi connectivity index (χ3n) is 6.98. The molecule has 3 unspecified atom stereocenters. The SMILES string of the molecule is COc1ccccc1SCC1CC(c2ccc(CO)cc2)OC(c2cccc(NC(=O)CCCCCC(=O)NO)c2)O1. The molecule has 4 rings (SSSR count). The zero-order valence-corrected chi connectivity index (χ0v) is 24.5. The van der Waals surface area contributed by atoms with Crippen LogP contribution in [0.1, 0.15) is 67.6 Å². The topological polar surface area (TPSA) is 126 Å². The van der Waals surface area contributed by atoms with Crippen LogP contribution in [0.2, 0.25) is 0 Å². The summed E-state index contributed by atoms with van der Waals surface area (Å²) < 4.78 is 18.4. The third-order valence-corrected chi connectivity index (χ3v) is 8.17. The number of para-hydroxylation sites is 1. The van der Waals surface area contributed by atoms with E-state index in [1.54, 1.807) is 24.4 Å². The lowest BCUT2D eigenvalue weighted by Gasteiger charge is -2.36.